The number of phenols is 1. The Morgan fingerprint density at radius 2 is 1.84 bits per heavy atom. The summed E-state index contributed by atoms with van der Waals surface area (Å²) in [7, 11) is 0. The van der Waals surface area contributed by atoms with Crippen molar-refractivity contribution in [1.82, 2.24) is 9.55 Å². The zero-order chi connectivity index (χ0) is 22.0. The molecule has 156 valence electrons. The first-order chi connectivity index (χ1) is 14.9. The lowest BCUT2D eigenvalue weighted by molar-refractivity contribution is -0.137. The Kier molecular flexibility index (Phi) is 5.73. The van der Waals surface area contributed by atoms with Crippen LogP contribution in [0, 0.1) is 0 Å². The molecule has 3 aromatic carbocycles. The fourth-order valence-electron chi connectivity index (χ4n) is 3.46. The number of imidazole rings is 1. The van der Waals surface area contributed by atoms with Gasteiger partial charge in [-0.3, -0.25) is 9.59 Å². The van der Waals surface area contributed by atoms with Gasteiger partial charge in [0.25, 0.3) is 5.91 Å². The van der Waals surface area contributed by atoms with Gasteiger partial charge in [0.2, 0.25) is 0 Å². The average molecular weight is 480 g/mol. The summed E-state index contributed by atoms with van der Waals surface area (Å²) in [4.78, 5) is 28.6. The van der Waals surface area contributed by atoms with E-state index >= 15 is 0 Å². The molecule has 0 radical (unpaired) electrons. The smallest absolute Gasteiger partial charge is 0.305 e. The molecule has 1 unspecified atom stereocenters. The first kappa shape index (κ1) is 20.6. The van der Waals surface area contributed by atoms with Gasteiger partial charge < -0.3 is 20.1 Å². The van der Waals surface area contributed by atoms with Crippen molar-refractivity contribution in [2.24, 2.45) is 0 Å². The number of aromatic nitrogens is 2. The topological polar surface area (TPSA) is 104 Å². The van der Waals surface area contributed by atoms with E-state index in [-0.39, 0.29) is 17.7 Å². The van der Waals surface area contributed by atoms with E-state index in [1.165, 1.54) is 12.1 Å². The van der Waals surface area contributed by atoms with Crippen molar-refractivity contribution in [3.05, 3.63) is 88.7 Å². The molecule has 1 atom stereocenters. The monoisotopic (exact) mass is 479 g/mol. The molecular formula is C23H18BrN3O4. The minimum atomic E-state index is -0.926. The molecule has 31 heavy (non-hydrogen) atoms. The Bertz CT molecular complexity index is 1270. The maximum absolute atomic E-state index is 12.7. The van der Waals surface area contributed by atoms with Gasteiger partial charge in [0.05, 0.1) is 35.4 Å². The number of carbonyl (C=O) groups excluding carboxylic acids is 1. The van der Waals surface area contributed by atoms with E-state index in [4.69, 9.17) is 0 Å². The summed E-state index contributed by atoms with van der Waals surface area (Å²) in [6, 6.07) is 18.7. The molecule has 4 aromatic rings. The maximum Gasteiger partial charge on any atom is 0.305 e. The van der Waals surface area contributed by atoms with Gasteiger partial charge in [-0.1, -0.05) is 46.3 Å². The van der Waals surface area contributed by atoms with Gasteiger partial charge in [0.1, 0.15) is 5.75 Å². The van der Waals surface area contributed by atoms with E-state index in [1.54, 1.807) is 35.2 Å². The maximum atomic E-state index is 12.7. The van der Waals surface area contributed by atoms with Gasteiger partial charge >= 0.3 is 5.97 Å². The molecule has 0 saturated carbocycles. The second-order valence-electron chi connectivity index (χ2n) is 7.00. The summed E-state index contributed by atoms with van der Waals surface area (Å²) < 4.78 is 2.47. The van der Waals surface area contributed by atoms with Crippen molar-refractivity contribution >= 4 is 44.5 Å². The first-order valence-corrected chi connectivity index (χ1v) is 10.2. The lowest BCUT2D eigenvalue weighted by Gasteiger charge is -2.18. The number of amides is 1. The number of rotatable bonds is 6. The van der Waals surface area contributed by atoms with Gasteiger partial charge in [0, 0.05) is 10.2 Å². The van der Waals surface area contributed by atoms with E-state index in [1.807, 2.05) is 30.3 Å². The van der Waals surface area contributed by atoms with Crippen molar-refractivity contribution in [1.29, 1.82) is 0 Å². The molecule has 0 fully saturated rings. The molecule has 7 nitrogen and oxygen atoms in total. The highest BCUT2D eigenvalue weighted by molar-refractivity contribution is 9.10. The molecule has 1 amide bonds. The highest BCUT2D eigenvalue weighted by Gasteiger charge is 2.20. The summed E-state index contributed by atoms with van der Waals surface area (Å²) in [6.45, 7) is 0. The lowest BCUT2D eigenvalue weighted by Crippen LogP contribution is -2.15. The number of fused-ring (bicyclic) bond motifs is 1. The van der Waals surface area contributed by atoms with Gasteiger partial charge in [0.15, 0.2) is 0 Å². The summed E-state index contributed by atoms with van der Waals surface area (Å²) in [5, 5.41) is 22.2. The highest BCUT2D eigenvalue weighted by Crippen LogP contribution is 2.29. The Hall–Kier alpha value is -3.65. The Morgan fingerprint density at radius 1 is 1.06 bits per heavy atom. The van der Waals surface area contributed by atoms with E-state index in [2.05, 4.69) is 26.2 Å². The number of halogens is 1. The lowest BCUT2D eigenvalue weighted by atomic mass is 10.0. The zero-order valence-corrected chi connectivity index (χ0v) is 17.8. The quantitative estimate of drug-likeness (QED) is 0.367. The van der Waals surface area contributed by atoms with Crippen molar-refractivity contribution in [3.8, 4) is 5.75 Å². The number of aromatic hydroxyl groups is 1. The Morgan fingerprint density at radius 3 is 2.58 bits per heavy atom. The van der Waals surface area contributed by atoms with Gasteiger partial charge in [-0.15, -0.1) is 0 Å². The van der Waals surface area contributed by atoms with Gasteiger partial charge in [-0.25, -0.2) is 4.98 Å². The second kappa shape index (κ2) is 8.61. The summed E-state index contributed by atoms with van der Waals surface area (Å²) in [5.41, 5.74) is 2.84. The van der Waals surface area contributed by atoms with Crippen LogP contribution in [0.4, 0.5) is 5.69 Å². The number of carbonyl (C=O) groups is 2. The molecule has 1 heterocycles. The first-order valence-electron chi connectivity index (χ1n) is 9.45. The second-order valence-corrected chi connectivity index (χ2v) is 7.91. The van der Waals surface area contributed by atoms with E-state index in [9.17, 15) is 19.8 Å². The summed E-state index contributed by atoms with van der Waals surface area (Å²) >= 11 is 3.29. The number of aliphatic carboxylic acids is 1. The van der Waals surface area contributed by atoms with Crippen LogP contribution in [0.2, 0.25) is 0 Å². The minimum Gasteiger partial charge on any atom is -0.507 e. The molecule has 4 rings (SSSR count). The molecule has 0 spiro atoms. The Balaban J connectivity index is 1.71. The van der Waals surface area contributed by atoms with Crippen molar-refractivity contribution in [3.63, 3.8) is 0 Å². The molecule has 3 N–H and O–H groups in total. The standard InChI is InChI=1S/C23H18BrN3O4/c24-15-6-9-21(28)17(10-15)23(31)26-16-7-8-18-20(11-16)27(13-25-18)19(12-22(29)30)14-4-2-1-3-5-14/h1-11,13,19,28H,12H2,(H,26,31)(H,29,30). The molecule has 0 aliphatic rings. The van der Waals surface area contributed by atoms with Gasteiger partial charge in [-0.05, 0) is 42.0 Å². The van der Waals surface area contributed by atoms with E-state index in [0.717, 1.165) is 5.56 Å². The Labute approximate surface area is 186 Å². The summed E-state index contributed by atoms with van der Waals surface area (Å²) in [6.07, 6.45) is 1.50. The van der Waals surface area contributed by atoms with Crippen LogP contribution in [0.3, 0.4) is 0 Å². The number of phenolic OH excluding ortho intramolecular Hbond substituents is 1. The number of carboxylic acid groups (broad SMARTS) is 1. The van der Waals surface area contributed by atoms with E-state index < -0.39 is 17.9 Å². The molecule has 8 heteroatoms. The number of hydrogen-bond acceptors (Lipinski definition) is 4. The van der Waals surface area contributed by atoms with Crippen molar-refractivity contribution < 1.29 is 19.8 Å². The van der Waals surface area contributed by atoms with Crippen LogP contribution < -0.4 is 5.32 Å². The molecule has 1 aromatic heterocycles. The third-order valence-corrected chi connectivity index (χ3v) is 5.42. The van der Waals surface area contributed by atoms with Crippen molar-refractivity contribution in [2.45, 2.75) is 12.5 Å². The van der Waals surface area contributed by atoms with Crippen LogP contribution in [0.25, 0.3) is 11.0 Å². The normalized spacial score (nSPS) is 11.9. The highest BCUT2D eigenvalue weighted by atomic mass is 79.9. The fraction of sp³-hybridized carbons (Fsp3) is 0.0870. The number of carboxylic acids is 1. The van der Waals surface area contributed by atoms with Crippen LogP contribution in [-0.2, 0) is 4.79 Å². The third-order valence-electron chi connectivity index (χ3n) is 4.92. The predicted molar refractivity (Wildman–Crippen MR) is 120 cm³/mol. The number of nitrogens with zero attached hydrogens (tertiary/aromatic N) is 2. The number of benzene rings is 3. The molecule has 0 saturated heterocycles. The van der Waals surface area contributed by atoms with Crippen LogP contribution in [0.5, 0.6) is 5.75 Å². The van der Waals surface area contributed by atoms with Crippen LogP contribution in [-0.4, -0.2) is 31.6 Å². The predicted octanol–water partition coefficient (Wildman–Crippen LogP) is 4.82. The van der Waals surface area contributed by atoms with Crippen LogP contribution in [0.15, 0.2) is 77.5 Å². The molecule has 0 bridgehead atoms. The number of anilines is 1. The van der Waals surface area contributed by atoms with Crippen molar-refractivity contribution in [2.75, 3.05) is 5.32 Å². The average Bonchev–Trinajstić information content (AvgIpc) is 3.17. The third kappa shape index (κ3) is 4.44. The van der Waals surface area contributed by atoms with Gasteiger partial charge in [-0.2, -0.15) is 0 Å². The summed E-state index contributed by atoms with van der Waals surface area (Å²) in [5.74, 6) is -1.52. The molecular weight excluding hydrogens is 462 g/mol. The van der Waals surface area contributed by atoms with E-state index in [0.29, 0.717) is 21.2 Å². The largest absolute Gasteiger partial charge is 0.507 e. The fourth-order valence-corrected chi connectivity index (χ4v) is 3.82. The molecule has 0 aliphatic carbocycles. The number of hydrogen-bond donors (Lipinski definition) is 3. The van der Waals surface area contributed by atoms with Crippen LogP contribution in [0.1, 0.15) is 28.4 Å². The number of nitrogens with one attached hydrogen (secondary N) is 1. The zero-order valence-electron chi connectivity index (χ0n) is 16.2. The van der Waals surface area contributed by atoms with Crippen LogP contribution >= 0.6 is 15.9 Å². The minimum absolute atomic E-state index is 0.113. The SMILES string of the molecule is O=C(O)CC(c1ccccc1)n1cnc2ccc(NC(=O)c3cc(Br)ccc3O)cc21. The molecule has 0 aliphatic heterocycles.